The Kier molecular flexibility index (Phi) is 8.71. The summed E-state index contributed by atoms with van der Waals surface area (Å²) in [5.74, 6) is -0.111. The first-order chi connectivity index (χ1) is 20.6. The number of esters is 1. The lowest BCUT2D eigenvalue weighted by molar-refractivity contribution is -0.384. The fourth-order valence-electron chi connectivity index (χ4n) is 4.92. The largest absolute Gasteiger partial charge is 0.493 e. The van der Waals surface area contributed by atoms with Gasteiger partial charge in [0.15, 0.2) is 11.3 Å². The highest BCUT2D eigenvalue weighted by Gasteiger charge is 2.25. The van der Waals surface area contributed by atoms with E-state index in [1.54, 1.807) is 25.1 Å². The molecule has 0 N–H and O–H groups in total. The van der Waals surface area contributed by atoms with Crippen molar-refractivity contribution in [2.24, 2.45) is 5.92 Å². The van der Waals surface area contributed by atoms with Gasteiger partial charge in [-0.05, 0) is 54.7 Å². The average Bonchev–Trinajstić information content (AvgIpc) is 3.37. The van der Waals surface area contributed by atoms with Gasteiger partial charge in [0.1, 0.15) is 11.3 Å². The number of carbonyl (C=O) groups excluding carboxylic acids is 1. The van der Waals surface area contributed by atoms with Gasteiger partial charge in [0.25, 0.3) is 5.69 Å². The van der Waals surface area contributed by atoms with E-state index in [1.807, 2.05) is 24.3 Å². The molecule has 0 aliphatic rings. The number of hydrogen-bond donors (Lipinski definition) is 0. The second kappa shape index (κ2) is 12.5. The fourth-order valence-corrected chi connectivity index (χ4v) is 5.40. The minimum Gasteiger partial charge on any atom is -0.493 e. The monoisotopic (exact) mass is 618 g/mol. The van der Waals surface area contributed by atoms with Gasteiger partial charge in [-0.2, -0.15) is 0 Å². The Hall–Kier alpha value is -4.40. The zero-order valence-electron chi connectivity index (χ0n) is 23.9. The highest BCUT2D eigenvalue weighted by molar-refractivity contribution is 6.37. The predicted molar refractivity (Wildman–Crippen MR) is 169 cm³/mol. The first-order valence-corrected chi connectivity index (χ1v) is 14.3. The molecule has 43 heavy (non-hydrogen) atoms. The molecule has 5 rings (SSSR count). The molecule has 0 saturated heterocycles. The number of carbonyl (C=O) groups is 1. The van der Waals surface area contributed by atoms with Crippen molar-refractivity contribution < 1.29 is 23.6 Å². The Morgan fingerprint density at radius 1 is 1.05 bits per heavy atom. The molecule has 5 aromatic rings. The summed E-state index contributed by atoms with van der Waals surface area (Å²) in [7, 11) is 1.49. The Morgan fingerprint density at radius 2 is 1.74 bits per heavy atom. The number of furan rings is 1. The summed E-state index contributed by atoms with van der Waals surface area (Å²) in [5.41, 5.74) is 3.39. The average molecular weight is 620 g/mol. The number of hydrogen-bond acceptors (Lipinski definition) is 7. The molecular formula is C33H28Cl2N2O6. The van der Waals surface area contributed by atoms with Gasteiger partial charge < -0.3 is 13.9 Å². The molecule has 3 aromatic carbocycles. The van der Waals surface area contributed by atoms with Crippen molar-refractivity contribution in [1.29, 1.82) is 0 Å². The van der Waals surface area contributed by atoms with Crippen LogP contribution in [-0.2, 0) is 16.0 Å². The highest BCUT2D eigenvalue weighted by atomic mass is 35.5. The fraction of sp³-hybridized carbons (Fsp3) is 0.212. The molecule has 1 atom stereocenters. The lowest BCUT2D eigenvalue weighted by Gasteiger charge is -2.16. The number of ether oxygens (including phenoxy) is 2. The van der Waals surface area contributed by atoms with E-state index >= 15 is 0 Å². The molecule has 0 radical (unpaired) electrons. The van der Waals surface area contributed by atoms with Crippen molar-refractivity contribution in [3.05, 3.63) is 109 Å². The zero-order valence-corrected chi connectivity index (χ0v) is 25.4. The zero-order chi connectivity index (χ0) is 30.8. The van der Waals surface area contributed by atoms with E-state index in [0.29, 0.717) is 44.7 Å². The van der Waals surface area contributed by atoms with E-state index < -0.39 is 16.8 Å². The molecule has 0 spiro atoms. The molecule has 0 fully saturated rings. The minimum absolute atomic E-state index is 0.116. The number of non-ortho nitro benzene ring substituents is 1. The number of nitro benzene ring substituents is 1. The number of benzene rings is 3. The summed E-state index contributed by atoms with van der Waals surface area (Å²) in [4.78, 5) is 28.8. The number of aromatic nitrogens is 1. The Balaban J connectivity index is 1.67. The Morgan fingerprint density at radius 3 is 2.37 bits per heavy atom. The third kappa shape index (κ3) is 6.21. The van der Waals surface area contributed by atoms with Gasteiger partial charge in [-0.3, -0.25) is 19.9 Å². The summed E-state index contributed by atoms with van der Waals surface area (Å²) in [6.07, 6.45) is 5.35. The summed E-state index contributed by atoms with van der Waals surface area (Å²) >= 11 is 12.9. The van der Waals surface area contributed by atoms with Crippen LogP contribution in [0.1, 0.15) is 48.9 Å². The molecule has 2 heterocycles. The van der Waals surface area contributed by atoms with Gasteiger partial charge in [-0.15, -0.1) is 0 Å². The number of rotatable bonds is 9. The molecular weight excluding hydrogens is 591 g/mol. The molecule has 10 heteroatoms. The van der Waals surface area contributed by atoms with Gasteiger partial charge >= 0.3 is 5.97 Å². The van der Waals surface area contributed by atoms with Crippen LogP contribution in [0.25, 0.3) is 33.8 Å². The number of halogens is 2. The second-order valence-electron chi connectivity index (χ2n) is 10.6. The number of fused-ring (bicyclic) bond motifs is 3. The van der Waals surface area contributed by atoms with Crippen LogP contribution < -0.4 is 4.74 Å². The van der Waals surface area contributed by atoms with E-state index in [1.165, 1.54) is 43.3 Å². The standard InChI is InChI=1S/C33H28Cl2N2O6/c1-18(2)13-20-5-7-21(8-6-20)19(3)33(38)43-30(15-24-26(34)16-36-17-27(24)35)23-10-12-29(41-4)32-31(23)25-14-22(37(39)40)9-11-28(25)42-32/h5-12,14-19H,13H2,1-4H3/t19-/m0/s1. The van der Waals surface area contributed by atoms with Gasteiger partial charge in [-0.1, -0.05) is 61.3 Å². The van der Waals surface area contributed by atoms with Gasteiger partial charge in [0, 0.05) is 46.4 Å². The summed E-state index contributed by atoms with van der Waals surface area (Å²) < 4.78 is 17.7. The maximum atomic E-state index is 13.7. The van der Waals surface area contributed by atoms with E-state index in [-0.39, 0.29) is 21.5 Å². The van der Waals surface area contributed by atoms with Gasteiger partial charge in [0.05, 0.1) is 28.0 Å². The molecule has 0 aliphatic heterocycles. The lowest BCUT2D eigenvalue weighted by atomic mass is 9.96. The number of methoxy groups -OCH3 is 1. The van der Waals surface area contributed by atoms with Crippen LogP contribution in [0, 0.1) is 16.0 Å². The van der Waals surface area contributed by atoms with Crippen LogP contribution in [0.4, 0.5) is 5.69 Å². The van der Waals surface area contributed by atoms with Crippen LogP contribution in [0.5, 0.6) is 5.75 Å². The van der Waals surface area contributed by atoms with E-state index in [4.69, 9.17) is 37.1 Å². The molecule has 0 unspecified atom stereocenters. The molecule has 0 amide bonds. The van der Waals surface area contributed by atoms with Gasteiger partial charge in [-0.25, -0.2) is 0 Å². The number of nitro groups is 1. The summed E-state index contributed by atoms with van der Waals surface area (Å²) in [5, 5.41) is 13.0. The smallest absolute Gasteiger partial charge is 0.318 e. The van der Waals surface area contributed by atoms with Crippen LogP contribution in [0.15, 0.2) is 71.4 Å². The normalized spacial score (nSPS) is 12.6. The molecule has 8 nitrogen and oxygen atoms in total. The predicted octanol–water partition coefficient (Wildman–Crippen LogP) is 9.25. The molecule has 0 aliphatic carbocycles. The van der Waals surface area contributed by atoms with Crippen molar-refractivity contribution in [3.63, 3.8) is 0 Å². The SMILES string of the molecule is COc1ccc(C(=Cc2c(Cl)cncc2Cl)OC(=O)[C@@H](C)c2ccc(CC(C)C)cc2)c2c1oc1ccc([N+](=O)[O-])cc12. The van der Waals surface area contributed by atoms with Crippen molar-refractivity contribution in [1.82, 2.24) is 4.98 Å². The van der Waals surface area contributed by atoms with Crippen LogP contribution in [-0.4, -0.2) is 23.0 Å². The minimum atomic E-state index is -0.615. The molecule has 0 saturated carbocycles. The topological polar surface area (TPSA) is 105 Å². The lowest BCUT2D eigenvalue weighted by Crippen LogP contribution is -2.13. The Labute approximate surface area is 258 Å². The van der Waals surface area contributed by atoms with Crippen molar-refractivity contribution in [2.75, 3.05) is 7.11 Å². The maximum absolute atomic E-state index is 13.7. The van der Waals surface area contributed by atoms with Crippen LogP contribution in [0.2, 0.25) is 10.0 Å². The third-order valence-corrected chi connectivity index (χ3v) is 7.72. The molecule has 0 bridgehead atoms. The van der Waals surface area contributed by atoms with Crippen molar-refractivity contribution >= 4 is 68.6 Å². The first-order valence-electron chi connectivity index (χ1n) is 13.6. The van der Waals surface area contributed by atoms with E-state index in [2.05, 4.69) is 18.8 Å². The second-order valence-corrected chi connectivity index (χ2v) is 11.4. The maximum Gasteiger partial charge on any atom is 0.318 e. The molecule has 2 aromatic heterocycles. The van der Waals surface area contributed by atoms with Gasteiger partial charge in [0.2, 0.25) is 0 Å². The highest BCUT2D eigenvalue weighted by Crippen LogP contribution is 2.42. The van der Waals surface area contributed by atoms with Crippen LogP contribution in [0.3, 0.4) is 0 Å². The van der Waals surface area contributed by atoms with E-state index in [9.17, 15) is 14.9 Å². The summed E-state index contributed by atoms with van der Waals surface area (Å²) in [6, 6.07) is 15.6. The number of pyridine rings is 1. The first kappa shape index (κ1) is 30.1. The summed E-state index contributed by atoms with van der Waals surface area (Å²) in [6.45, 7) is 6.07. The van der Waals surface area contributed by atoms with Crippen LogP contribution >= 0.6 is 23.2 Å². The van der Waals surface area contributed by atoms with E-state index in [0.717, 1.165) is 12.0 Å². The molecule has 220 valence electrons. The van der Waals surface area contributed by atoms with Crippen molar-refractivity contribution in [3.8, 4) is 5.75 Å². The Bertz CT molecular complexity index is 1860. The number of nitrogens with zero attached hydrogens (tertiary/aromatic N) is 2. The quantitative estimate of drug-likeness (QED) is 0.0701. The van der Waals surface area contributed by atoms with Crippen molar-refractivity contribution in [2.45, 2.75) is 33.1 Å². The third-order valence-electron chi connectivity index (χ3n) is 7.12.